The fraction of sp³-hybridized carbons (Fsp3) is 0.875. The molecule has 1 aliphatic heterocycles. The summed E-state index contributed by atoms with van der Waals surface area (Å²) < 4.78 is 0. The molecule has 0 aromatic carbocycles. The SMILES string of the molecule is CON=C1C2CCC1CNC2.[HH]. The minimum absolute atomic E-state index is 0. The van der Waals surface area contributed by atoms with Crippen LogP contribution in [0.3, 0.4) is 0 Å². The summed E-state index contributed by atoms with van der Waals surface area (Å²) in [5.74, 6) is 1.32. The molecule has 1 saturated heterocycles. The number of nitrogens with one attached hydrogen (secondary N) is 1. The molecule has 1 saturated carbocycles. The van der Waals surface area contributed by atoms with E-state index in [-0.39, 0.29) is 1.43 Å². The summed E-state index contributed by atoms with van der Waals surface area (Å²) in [6, 6.07) is 0. The van der Waals surface area contributed by atoms with Crippen molar-refractivity contribution in [3.8, 4) is 0 Å². The van der Waals surface area contributed by atoms with Gasteiger partial charge in [0.2, 0.25) is 0 Å². The summed E-state index contributed by atoms with van der Waals surface area (Å²) in [5.41, 5.74) is 1.30. The maximum Gasteiger partial charge on any atom is 0.106 e. The van der Waals surface area contributed by atoms with Crippen molar-refractivity contribution in [1.29, 1.82) is 0 Å². The molecule has 2 fully saturated rings. The van der Waals surface area contributed by atoms with Crippen molar-refractivity contribution < 1.29 is 6.26 Å². The number of fused-ring (bicyclic) bond motifs is 2. The highest BCUT2D eigenvalue weighted by molar-refractivity contribution is 5.91. The van der Waals surface area contributed by atoms with E-state index in [9.17, 15) is 0 Å². The van der Waals surface area contributed by atoms with Gasteiger partial charge < -0.3 is 10.2 Å². The van der Waals surface area contributed by atoms with E-state index in [0.29, 0.717) is 11.8 Å². The minimum Gasteiger partial charge on any atom is -0.399 e. The van der Waals surface area contributed by atoms with Gasteiger partial charge in [-0.15, -0.1) is 0 Å². The first-order valence-electron chi connectivity index (χ1n) is 4.23. The van der Waals surface area contributed by atoms with Crippen LogP contribution in [0.5, 0.6) is 0 Å². The Morgan fingerprint density at radius 3 is 2.64 bits per heavy atom. The molecule has 64 valence electrons. The summed E-state index contributed by atoms with van der Waals surface area (Å²) >= 11 is 0. The number of oxime groups is 1. The lowest BCUT2D eigenvalue weighted by molar-refractivity contribution is 0.208. The second-order valence-electron chi connectivity index (χ2n) is 3.33. The zero-order chi connectivity index (χ0) is 7.68. The van der Waals surface area contributed by atoms with Gasteiger partial charge in [-0.1, -0.05) is 5.16 Å². The van der Waals surface area contributed by atoms with Crippen molar-refractivity contribution >= 4 is 5.71 Å². The Bertz CT molecular complexity index is 166. The van der Waals surface area contributed by atoms with Crippen LogP contribution in [0.2, 0.25) is 0 Å². The Labute approximate surface area is 68.3 Å². The maximum absolute atomic E-state index is 4.82. The van der Waals surface area contributed by atoms with Gasteiger partial charge in [0.05, 0.1) is 5.71 Å². The van der Waals surface area contributed by atoms with Crippen LogP contribution >= 0.6 is 0 Å². The van der Waals surface area contributed by atoms with E-state index in [1.807, 2.05) is 0 Å². The Balaban J connectivity index is 0.000000720. The topological polar surface area (TPSA) is 33.6 Å². The van der Waals surface area contributed by atoms with Crippen molar-refractivity contribution in [2.24, 2.45) is 17.0 Å². The van der Waals surface area contributed by atoms with Gasteiger partial charge >= 0.3 is 0 Å². The lowest BCUT2D eigenvalue weighted by atomic mass is 9.98. The molecular formula is C8H16N2O. The molecule has 0 amide bonds. The van der Waals surface area contributed by atoms with Gasteiger partial charge in [-0.25, -0.2) is 0 Å². The second kappa shape index (κ2) is 2.81. The van der Waals surface area contributed by atoms with Crippen molar-refractivity contribution in [2.45, 2.75) is 12.8 Å². The van der Waals surface area contributed by atoms with Crippen LogP contribution in [-0.4, -0.2) is 25.9 Å². The molecular weight excluding hydrogens is 140 g/mol. The van der Waals surface area contributed by atoms with Gasteiger partial charge in [0.25, 0.3) is 0 Å². The van der Waals surface area contributed by atoms with Crippen molar-refractivity contribution in [1.82, 2.24) is 5.32 Å². The first-order valence-corrected chi connectivity index (χ1v) is 4.23. The highest BCUT2D eigenvalue weighted by atomic mass is 16.6. The predicted octanol–water partition coefficient (Wildman–Crippen LogP) is 0.864. The molecule has 11 heavy (non-hydrogen) atoms. The Morgan fingerprint density at radius 2 is 2.09 bits per heavy atom. The summed E-state index contributed by atoms with van der Waals surface area (Å²) in [6.07, 6.45) is 2.58. The molecule has 0 aromatic rings. The molecule has 2 aliphatic rings. The third-order valence-corrected chi connectivity index (χ3v) is 2.68. The van der Waals surface area contributed by atoms with E-state index < -0.39 is 0 Å². The lowest BCUT2D eigenvalue weighted by Crippen LogP contribution is -2.38. The zero-order valence-corrected chi connectivity index (χ0v) is 6.84. The number of hydrogen-bond acceptors (Lipinski definition) is 3. The quantitative estimate of drug-likeness (QED) is 0.571. The Hall–Kier alpha value is -0.570. The van der Waals surface area contributed by atoms with Crippen LogP contribution in [0.4, 0.5) is 0 Å². The molecule has 2 bridgehead atoms. The first kappa shape index (κ1) is 7.10. The average Bonchev–Trinajstić information content (AvgIpc) is 2.30. The largest absolute Gasteiger partial charge is 0.399 e. The predicted molar refractivity (Wildman–Crippen MR) is 45.6 cm³/mol. The number of hydrogen-bond donors (Lipinski definition) is 1. The number of nitrogens with zero attached hydrogens (tertiary/aromatic N) is 1. The zero-order valence-electron chi connectivity index (χ0n) is 6.84. The fourth-order valence-corrected chi connectivity index (χ4v) is 2.13. The van der Waals surface area contributed by atoms with Gasteiger partial charge in [0.15, 0.2) is 0 Å². The van der Waals surface area contributed by atoms with E-state index >= 15 is 0 Å². The van der Waals surface area contributed by atoms with Crippen LogP contribution in [0.25, 0.3) is 0 Å². The standard InChI is InChI=1S/C8H14N2O.H2/c1-11-10-8-6-2-3-7(8)5-9-4-6;/h6-7,9H,2-5H2,1H3;1H. The maximum atomic E-state index is 4.82. The fourth-order valence-electron chi connectivity index (χ4n) is 2.13. The van der Waals surface area contributed by atoms with Crippen molar-refractivity contribution in [3.05, 3.63) is 0 Å². The second-order valence-corrected chi connectivity index (χ2v) is 3.33. The van der Waals surface area contributed by atoms with E-state index in [1.165, 1.54) is 18.6 Å². The third kappa shape index (κ3) is 1.13. The molecule has 2 unspecified atom stereocenters. The summed E-state index contributed by atoms with van der Waals surface area (Å²) in [5, 5.41) is 7.48. The Kier molecular flexibility index (Phi) is 1.82. The lowest BCUT2D eigenvalue weighted by Gasteiger charge is -2.21. The van der Waals surface area contributed by atoms with E-state index in [2.05, 4.69) is 10.5 Å². The molecule has 0 aromatic heterocycles. The van der Waals surface area contributed by atoms with Gasteiger partial charge in [-0.3, -0.25) is 0 Å². The normalized spacial score (nSPS) is 35.5. The van der Waals surface area contributed by atoms with E-state index in [4.69, 9.17) is 4.84 Å². The molecule has 0 spiro atoms. The summed E-state index contributed by atoms with van der Waals surface area (Å²) in [7, 11) is 1.63. The van der Waals surface area contributed by atoms with Crippen LogP contribution in [0.1, 0.15) is 14.3 Å². The molecule has 3 heteroatoms. The highest BCUT2D eigenvalue weighted by Crippen LogP contribution is 2.30. The highest BCUT2D eigenvalue weighted by Gasteiger charge is 2.35. The van der Waals surface area contributed by atoms with Crippen molar-refractivity contribution in [2.75, 3.05) is 20.2 Å². The number of rotatable bonds is 1. The molecule has 3 nitrogen and oxygen atoms in total. The van der Waals surface area contributed by atoms with Crippen molar-refractivity contribution in [3.63, 3.8) is 0 Å². The summed E-state index contributed by atoms with van der Waals surface area (Å²) in [4.78, 5) is 4.82. The molecule has 1 aliphatic carbocycles. The smallest absolute Gasteiger partial charge is 0.106 e. The molecule has 0 radical (unpaired) electrons. The van der Waals surface area contributed by atoms with Gasteiger partial charge in [-0.2, -0.15) is 0 Å². The molecule has 1 N–H and O–H groups in total. The average molecular weight is 156 g/mol. The van der Waals surface area contributed by atoms with Crippen LogP contribution in [-0.2, 0) is 4.84 Å². The molecule has 2 atom stereocenters. The minimum atomic E-state index is 0. The third-order valence-electron chi connectivity index (χ3n) is 2.68. The monoisotopic (exact) mass is 156 g/mol. The van der Waals surface area contributed by atoms with E-state index in [0.717, 1.165) is 13.1 Å². The summed E-state index contributed by atoms with van der Waals surface area (Å²) in [6.45, 7) is 2.19. The molecule has 2 rings (SSSR count). The van der Waals surface area contributed by atoms with E-state index in [1.54, 1.807) is 7.11 Å². The van der Waals surface area contributed by atoms with Gasteiger partial charge in [0, 0.05) is 26.4 Å². The van der Waals surface area contributed by atoms with Crippen LogP contribution < -0.4 is 5.32 Å². The molecule has 1 heterocycles. The van der Waals surface area contributed by atoms with Gasteiger partial charge in [-0.05, 0) is 12.8 Å². The van der Waals surface area contributed by atoms with Crippen LogP contribution in [0, 0.1) is 11.8 Å². The van der Waals surface area contributed by atoms with Crippen LogP contribution in [0.15, 0.2) is 5.16 Å². The Morgan fingerprint density at radius 1 is 1.45 bits per heavy atom. The number of piperidine rings is 1. The first-order chi connectivity index (χ1) is 5.42. The van der Waals surface area contributed by atoms with Gasteiger partial charge in [0.1, 0.15) is 7.11 Å².